The fourth-order valence-electron chi connectivity index (χ4n) is 3.97. The van der Waals surface area contributed by atoms with Gasteiger partial charge in [0.05, 0.1) is 43.7 Å². The van der Waals surface area contributed by atoms with Gasteiger partial charge in [0.25, 0.3) is 0 Å². The molecule has 0 saturated heterocycles. The number of alkyl halides is 3. The average Bonchev–Trinajstić information content (AvgIpc) is 3.33. The molecule has 4 rings (SSSR count). The number of aromatic nitrogens is 3. The van der Waals surface area contributed by atoms with Crippen LogP contribution >= 0.6 is 0 Å². The van der Waals surface area contributed by atoms with Gasteiger partial charge in [-0.25, -0.2) is 18.4 Å². The Morgan fingerprint density at radius 2 is 1.63 bits per heavy atom. The Morgan fingerprint density at radius 3 is 2.24 bits per heavy atom. The van der Waals surface area contributed by atoms with Crippen molar-refractivity contribution in [2.24, 2.45) is 0 Å². The first-order chi connectivity index (χ1) is 19.2. The molecule has 0 aliphatic rings. The highest BCUT2D eigenvalue weighted by atomic mass is 32.2. The van der Waals surface area contributed by atoms with Crippen molar-refractivity contribution in [3.63, 3.8) is 0 Å². The number of imidazole rings is 1. The molecule has 10 nitrogen and oxygen atoms in total. The van der Waals surface area contributed by atoms with Gasteiger partial charge in [0.15, 0.2) is 21.4 Å². The summed E-state index contributed by atoms with van der Waals surface area (Å²) in [6.45, 7) is 4.74. The molecule has 0 aliphatic heterocycles. The molecule has 1 N–H and O–H groups in total. The lowest BCUT2D eigenvalue weighted by Crippen LogP contribution is -2.28. The van der Waals surface area contributed by atoms with Gasteiger partial charge in [-0.3, -0.25) is 4.40 Å². The van der Waals surface area contributed by atoms with Gasteiger partial charge in [-0.2, -0.15) is 0 Å². The Morgan fingerprint density at radius 1 is 0.927 bits per heavy atom. The van der Waals surface area contributed by atoms with E-state index in [-0.39, 0.29) is 28.7 Å². The van der Waals surface area contributed by atoms with Crippen LogP contribution in [0.1, 0.15) is 26.3 Å². The predicted molar refractivity (Wildman–Crippen MR) is 145 cm³/mol. The molecule has 0 unspecified atom stereocenters. The second-order valence-corrected chi connectivity index (χ2v) is 12.5. The van der Waals surface area contributed by atoms with Crippen molar-refractivity contribution < 1.29 is 40.5 Å². The summed E-state index contributed by atoms with van der Waals surface area (Å²) in [6, 6.07) is 8.95. The second kappa shape index (κ2) is 11.0. The van der Waals surface area contributed by atoms with Crippen molar-refractivity contribution >= 4 is 21.3 Å². The number of nitrogens with one attached hydrogen (secondary N) is 1. The van der Waals surface area contributed by atoms with Crippen LogP contribution in [0.4, 0.5) is 19.0 Å². The van der Waals surface area contributed by atoms with Crippen molar-refractivity contribution in [2.45, 2.75) is 43.3 Å². The maximum Gasteiger partial charge on any atom is 0.573 e. The average molecular weight is 595 g/mol. The minimum absolute atomic E-state index is 0.0379. The molecular weight excluding hydrogens is 565 g/mol. The molecule has 0 radical (unpaired) electrons. The molecular formula is C27H29F3N4O6S. The van der Waals surface area contributed by atoms with Crippen LogP contribution in [0, 0.1) is 0 Å². The highest BCUT2D eigenvalue weighted by Gasteiger charge is 2.35. The Labute approximate surface area is 235 Å². The van der Waals surface area contributed by atoms with Crippen molar-refractivity contribution in [1.82, 2.24) is 14.4 Å². The number of anilines is 1. The van der Waals surface area contributed by atoms with Gasteiger partial charge in [-0.15, -0.1) is 13.2 Å². The molecule has 0 atom stereocenters. The number of sulfone groups is 1. The maximum atomic E-state index is 13.3. The van der Waals surface area contributed by atoms with Crippen molar-refractivity contribution in [3.8, 4) is 34.4 Å². The summed E-state index contributed by atoms with van der Waals surface area (Å²) in [5.74, 6) is 0.352. The SMILES string of the molecule is COc1ccc(CNc2nc(-c3cnc4cc(OC)c(S(=O)(=O)C(C)(C)C)cn34)ccc2OC(F)(F)F)c(OC)c1. The third-order valence-electron chi connectivity index (χ3n) is 6.18. The van der Waals surface area contributed by atoms with E-state index in [1.807, 2.05) is 0 Å². The quantitative estimate of drug-likeness (QED) is 0.268. The fraction of sp³-hybridized carbons (Fsp3) is 0.333. The third-order valence-corrected chi connectivity index (χ3v) is 8.68. The molecule has 3 heterocycles. The number of benzene rings is 1. The first-order valence-electron chi connectivity index (χ1n) is 12.2. The Kier molecular flexibility index (Phi) is 7.98. The number of methoxy groups -OCH3 is 3. The van der Waals surface area contributed by atoms with Crippen LogP contribution in [0.5, 0.6) is 23.0 Å². The molecule has 3 aromatic heterocycles. The summed E-state index contributed by atoms with van der Waals surface area (Å²) in [5.41, 5.74) is 1.51. The molecule has 4 aromatic rings. The van der Waals surface area contributed by atoms with Gasteiger partial charge < -0.3 is 24.3 Å². The van der Waals surface area contributed by atoms with Gasteiger partial charge in [0.1, 0.15) is 27.8 Å². The number of nitrogens with zero attached hydrogens (tertiary/aromatic N) is 3. The van der Waals surface area contributed by atoms with E-state index >= 15 is 0 Å². The van der Waals surface area contributed by atoms with E-state index < -0.39 is 26.7 Å². The van der Waals surface area contributed by atoms with Crippen LogP contribution in [0.15, 0.2) is 53.7 Å². The highest BCUT2D eigenvalue weighted by Crippen LogP contribution is 2.36. The van der Waals surface area contributed by atoms with Gasteiger partial charge >= 0.3 is 6.36 Å². The summed E-state index contributed by atoms with van der Waals surface area (Å²) in [7, 11) is 0.471. The van der Waals surface area contributed by atoms with Crippen LogP contribution in [0.25, 0.3) is 17.0 Å². The maximum absolute atomic E-state index is 13.3. The molecule has 0 fully saturated rings. The predicted octanol–water partition coefficient (Wildman–Crippen LogP) is 5.51. The van der Waals surface area contributed by atoms with E-state index in [1.54, 1.807) is 39.0 Å². The standard InChI is InChI=1S/C27H29F3N4O6S/c1-26(2,3)41(35,36)23-15-34-19(14-31-24(34)12-22(23)39-6)18-9-10-20(40-27(28,29)30)25(33-18)32-13-16-7-8-17(37-4)11-21(16)38-5/h7-12,14-15H,13H2,1-6H3,(H,32,33). The largest absolute Gasteiger partial charge is 0.573 e. The van der Waals surface area contributed by atoms with E-state index in [0.717, 1.165) is 6.07 Å². The number of rotatable bonds is 9. The lowest BCUT2D eigenvalue weighted by atomic mass is 10.2. The molecule has 14 heteroatoms. The Bertz CT molecular complexity index is 1680. The molecule has 0 amide bonds. The van der Waals surface area contributed by atoms with Gasteiger partial charge in [-0.05, 0) is 45.0 Å². The van der Waals surface area contributed by atoms with E-state index in [0.29, 0.717) is 28.4 Å². The van der Waals surface area contributed by atoms with Gasteiger partial charge in [0, 0.05) is 30.4 Å². The lowest BCUT2D eigenvalue weighted by Gasteiger charge is -2.21. The normalized spacial score (nSPS) is 12.3. The summed E-state index contributed by atoms with van der Waals surface area (Å²) in [4.78, 5) is 8.65. The van der Waals surface area contributed by atoms with Crippen molar-refractivity contribution in [1.29, 1.82) is 0 Å². The lowest BCUT2D eigenvalue weighted by molar-refractivity contribution is -0.274. The fourth-order valence-corrected chi connectivity index (χ4v) is 5.28. The molecule has 0 aliphatic carbocycles. The number of ether oxygens (including phenoxy) is 4. The number of hydrogen-bond acceptors (Lipinski definition) is 9. The van der Waals surface area contributed by atoms with E-state index in [9.17, 15) is 21.6 Å². The zero-order chi connectivity index (χ0) is 30.2. The molecule has 41 heavy (non-hydrogen) atoms. The van der Waals surface area contributed by atoms with Crippen LogP contribution in [-0.4, -0.2) is 55.2 Å². The third kappa shape index (κ3) is 6.11. The number of fused-ring (bicyclic) bond motifs is 1. The number of hydrogen-bond donors (Lipinski definition) is 1. The summed E-state index contributed by atoms with van der Waals surface area (Å²) < 4.78 is 86.7. The van der Waals surface area contributed by atoms with Crippen molar-refractivity contribution in [2.75, 3.05) is 26.6 Å². The van der Waals surface area contributed by atoms with Gasteiger partial charge in [-0.1, -0.05) is 0 Å². The van der Waals surface area contributed by atoms with Crippen LogP contribution < -0.4 is 24.3 Å². The Hall–Kier alpha value is -4.20. The second-order valence-electron chi connectivity index (χ2n) is 9.82. The molecule has 0 spiro atoms. The monoisotopic (exact) mass is 594 g/mol. The molecule has 0 bridgehead atoms. The topological polar surface area (TPSA) is 113 Å². The first kappa shape index (κ1) is 29.8. The molecule has 0 saturated carbocycles. The summed E-state index contributed by atoms with van der Waals surface area (Å²) in [6.07, 6.45) is -2.16. The zero-order valence-corrected chi connectivity index (χ0v) is 24.0. The number of pyridine rings is 2. The smallest absolute Gasteiger partial charge is 0.497 e. The highest BCUT2D eigenvalue weighted by molar-refractivity contribution is 7.92. The van der Waals surface area contributed by atoms with E-state index in [2.05, 4.69) is 20.0 Å². The molecule has 1 aromatic carbocycles. The summed E-state index contributed by atoms with van der Waals surface area (Å²) >= 11 is 0. The van der Waals surface area contributed by atoms with Crippen LogP contribution in [-0.2, 0) is 16.4 Å². The van der Waals surface area contributed by atoms with E-state index in [1.165, 1.54) is 50.3 Å². The molecule has 220 valence electrons. The summed E-state index contributed by atoms with van der Waals surface area (Å²) in [5, 5.41) is 2.89. The zero-order valence-electron chi connectivity index (χ0n) is 23.2. The number of halogens is 3. The van der Waals surface area contributed by atoms with E-state index in [4.69, 9.17) is 14.2 Å². The Balaban J connectivity index is 1.81. The van der Waals surface area contributed by atoms with Crippen molar-refractivity contribution in [3.05, 3.63) is 54.4 Å². The minimum atomic E-state index is -4.96. The van der Waals surface area contributed by atoms with Crippen LogP contribution in [0.3, 0.4) is 0 Å². The first-order valence-corrected chi connectivity index (χ1v) is 13.7. The van der Waals surface area contributed by atoms with Crippen LogP contribution in [0.2, 0.25) is 0 Å². The van der Waals surface area contributed by atoms with Gasteiger partial charge in [0.2, 0.25) is 0 Å². The minimum Gasteiger partial charge on any atom is -0.497 e.